The van der Waals surface area contributed by atoms with E-state index in [4.69, 9.17) is 0 Å². The fourth-order valence-corrected chi connectivity index (χ4v) is 4.77. The zero-order chi connectivity index (χ0) is 15.3. The fraction of sp³-hybridized carbons (Fsp3) is 0.533. The molecule has 4 amide bonds. The van der Waals surface area contributed by atoms with Crippen LogP contribution in [-0.4, -0.2) is 41.4 Å². The summed E-state index contributed by atoms with van der Waals surface area (Å²) in [6, 6.07) is 1.55. The molecule has 0 saturated carbocycles. The molecule has 1 spiro atoms. The topological polar surface area (TPSA) is 78.5 Å². The van der Waals surface area contributed by atoms with Crippen LogP contribution in [0.15, 0.2) is 6.07 Å². The summed E-state index contributed by atoms with van der Waals surface area (Å²) in [5.41, 5.74) is 0.379. The van der Waals surface area contributed by atoms with E-state index in [0.29, 0.717) is 13.0 Å². The van der Waals surface area contributed by atoms with Crippen molar-refractivity contribution in [3.63, 3.8) is 0 Å². The van der Waals surface area contributed by atoms with Crippen LogP contribution in [0.5, 0.6) is 0 Å². The van der Waals surface area contributed by atoms with Gasteiger partial charge < -0.3 is 10.2 Å². The summed E-state index contributed by atoms with van der Waals surface area (Å²) >= 11 is 1.58. The third-order valence-electron chi connectivity index (χ3n) is 4.78. The molecule has 22 heavy (non-hydrogen) atoms. The highest BCUT2D eigenvalue weighted by molar-refractivity contribution is 7.14. The number of imide groups is 1. The molecule has 0 bridgehead atoms. The smallest absolute Gasteiger partial charge is 0.322 e. The van der Waals surface area contributed by atoms with E-state index >= 15 is 0 Å². The number of carbonyl (C=O) groups is 3. The average Bonchev–Trinajstić information content (AvgIpc) is 3.16. The minimum absolute atomic E-state index is 0.0229. The molecule has 7 heteroatoms. The second kappa shape index (κ2) is 4.81. The summed E-state index contributed by atoms with van der Waals surface area (Å²) in [5, 5.41) is 4.94. The molecule has 3 aliphatic rings. The summed E-state index contributed by atoms with van der Waals surface area (Å²) in [4.78, 5) is 39.7. The second-order valence-electron chi connectivity index (χ2n) is 6.23. The molecule has 6 nitrogen and oxygen atoms in total. The lowest BCUT2D eigenvalue weighted by molar-refractivity contribution is -0.123. The molecule has 1 atom stereocenters. The summed E-state index contributed by atoms with van der Waals surface area (Å²) < 4.78 is 0. The SMILES string of the molecule is O=C1NC(=O)[C@]2(CCN(C(=O)c3cc4c(s3)CCCC4)C2)N1. The van der Waals surface area contributed by atoms with Crippen LogP contribution >= 0.6 is 11.3 Å². The van der Waals surface area contributed by atoms with Gasteiger partial charge in [0, 0.05) is 11.4 Å². The molecule has 2 aliphatic heterocycles. The van der Waals surface area contributed by atoms with Crippen LogP contribution in [-0.2, 0) is 17.6 Å². The maximum Gasteiger partial charge on any atom is 0.322 e. The molecule has 0 unspecified atom stereocenters. The number of likely N-dealkylation sites (tertiary alicyclic amines) is 1. The lowest BCUT2D eigenvalue weighted by atomic mass is 9.99. The van der Waals surface area contributed by atoms with Gasteiger partial charge in [0.15, 0.2) is 0 Å². The average molecular weight is 319 g/mol. The molecule has 0 aromatic carbocycles. The van der Waals surface area contributed by atoms with Gasteiger partial charge in [-0.25, -0.2) is 4.79 Å². The first-order valence-corrected chi connectivity index (χ1v) is 8.43. The number of carbonyl (C=O) groups excluding carboxylic acids is 3. The van der Waals surface area contributed by atoms with Gasteiger partial charge in [0.2, 0.25) is 0 Å². The van der Waals surface area contributed by atoms with Crippen molar-refractivity contribution >= 4 is 29.2 Å². The Morgan fingerprint density at radius 2 is 2.09 bits per heavy atom. The Hall–Kier alpha value is -1.89. The Kier molecular flexibility index (Phi) is 3.00. The van der Waals surface area contributed by atoms with Crippen molar-refractivity contribution in [2.75, 3.05) is 13.1 Å². The molecule has 1 aliphatic carbocycles. The molecular weight excluding hydrogens is 302 g/mol. The van der Waals surface area contributed by atoms with Crippen LogP contribution in [0, 0.1) is 0 Å². The number of nitrogens with zero attached hydrogens (tertiary/aromatic N) is 1. The van der Waals surface area contributed by atoms with Crippen molar-refractivity contribution in [2.45, 2.75) is 37.6 Å². The molecule has 2 saturated heterocycles. The van der Waals surface area contributed by atoms with Crippen LogP contribution in [0.1, 0.15) is 39.4 Å². The predicted molar refractivity (Wildman–Crippen MR) is 80.9 cm³/mol. The highest BCUT2D eigenvalue weighted by Gasteiger charge is 2.51. The van der Waals surface area contributed by atoms with Gasteiger partial charge >= 0.3 is 6.03 Å². The first-order valence-electron chi connectivity index (χ1n) is 7.62. The minimum atomic E-state index is -0.927. The van der Waals surface area contributed by atoms with Crippen LogP contribution in [0.2, 0.25) is 0 Å². The van der Waals surface area contributed by atoms with E-state index in [1.165, 1.54) is 23.3 Å². The Morgan fingerprint density at radius 1 is 1.27 bits per heavy atom. The number of hydrogen-bond acceptors (Lipinski definition) is 4. The normalized spacial score (nSPS) is 27.0. The number of hydrogen-bond donors (Lipinski definition) is 2. The molecule has 3 heterocycles. The maximum atomic E-state index is 12.7. The Morgan fingerprint density at radius 3 is 2.82 bits per heavy atom. The van der Waals surface area contributed by atoms with E-state index in [1.54, 1.807) is 16.2 Å². The van der Waals surface area contributed by atoms with Gasteiger partial charge in [-0.1, -0.05) is 0 Å². The number of urea groups is 1. The minimum Gasteiger partial charge on any atom is -0.335 e. The third kappa shape index (κ3) is 2.03. The lowest BCUT2D eigenvalue weighted by Crippen LogP contribution is -2.49. The summed E-state index contributed by atoms with van der Waals surface area (Å²) in [6.07, 6.45) is 4.98. The van der Waals surface area contributed by atoms with Gasteiger partial charge in [0.1, 0.15) is 5.54 Å². The van der Waals surface area contributed by atoms with E-state index in [2.05, 4.69) is 10.6 Å². The van der Waals surface area contributed by atoms with Crippen molar-refractivity contribution in [1.29, 1.82) is 0 Å². The quantitative estimate of drug-likeness (QED) is 0.760. The van der Waals surface area contributed by atoms with E-state index in [1.807, 2.05) is 6.07 Å². The first-order chi connectivity index (χ1) is 10.6. The number of rotatable bonds is 1. The van der Waals surface area contributed by atoms with E-state index in [0.717, 1.165) is 17.7 Å². The highest BCUT2D eigenvalue weighted by Crippen LogP contribution is 2.32. The summed E-state index contributed by atoms with van der Waals surface area (Å²) in [7, 11) is 0. The van der Waals surface area contributed by atoms with Gasteiger partial charge in [-0.15, -0.1) is 11.3 Å². The monoisotopic (exact) mass is 319 g/mol. The van der Waals surface area contributed by atoms with Gasteiger partial charge in [-0.3, -0.25) is 14.9 Å². The van der Waals surface area contributed by atoms with Crippen LogP contribution in [0.3, 0.4) is 0 Å². The summed E-state index contributed by atoms with van der Waals surface area (Å²) in [6.45, 7) is 0.751. The number of thiophene rings is 1. The van der Waals surface area contributed by atoms with Crippen molar-refractivity contribution in [3.8, 4) is 0 Å². The van der Waals surface area contributed by atoms with E-state index in [9.17, 15) is 14.4 Å². The number of amides is 4. The zero-order valence-corrected chi connectivity index (χ0v) is 12.9. The highest BCUT2D eigenvalue weighted by atomic mass is 32.1. The molecule has 0 radical (unpaired) electrons. The van der Waals surface area contributed by atoms with Crippen LogP contribution < -0.4 is 10.6 Å². The standard InChI is InChI=1S/C15H17N3O3S/c19-12(11-7-9-3-1-2-4-10(9)22-11)18-6-5-15(8-18)13(20)16-14(21)17-15/h7H,1-6,8H2,(H2,16,17,20,21)/t15-/m1/s1. The third-order valence-corrected chi connectivity index (χ3v) is 6.00. The molecule has 1 aromatic heterocycles. The predicted octanol–water partition coefficient (Wildman–Crippen LogP) is 1.05. The number of nitrogens with one attached hydrogen (secondary N) is 2. The molecule has 2 N–H and O–H groups in total. The maximum absolute atomic E-state index is 12.7. The largest absolute Gasteiger partial charge is 0.335 e. The number of fused-ring (bicyclic) bond motifs is 1. The molecule has 2 fully saturated rings. The zero-order valence-electron chi connectivity index (χ0n) is 12.1. The van der Waals surface area contributed by atoms with Crippen molar-refractivity contribution < 1.29 is 14.4 Å². The van der Waals surface area contributed by atoms with Crippen molar-refractivity contribution in [1.82, 2.24) is 15.5 Å². The van der Waals surface area contributed by atoms with Gasteiger partial charge in [-0.05, 0) is 43.7 Å². The lowest BCUT2D eigenvalue weighted by Gasteiger charge is -2.20. The van der Waals surface area contributed by atoms with Crippen LogP contribution in [0.4, 0.5) is 4.79 Å². The second-order valence-corrected chi connectivity index (χ2v) is 7.37. The number of aryl methyl sites for hydroxylation is 2. The molecular formula is C15H17N3O3S. The van der Waals surface area contributed by atoms with Crippen LogP contribution in [0.25, 0.3) is 0 Å². The van der Waals surface area contributed by atoms with Crippen molar-refractivity contribution in [3.05, 3.63) is 21.4 Å². The Balaban J connectivity index is 1.53. The van der Waals surface area contributed by atoms with E-state index < -0.39 is 11.6 Å². The van der Waals surface area contributed by atoms with E-state index in [-0.39, 0.29) is 18.4 Å². The molecule has 116 valence electrons. The van der Waals surface area contributed by atoms with Gasteiger partial charge in [-0.2, -0.15) is 0 Å². The molecule has 1 aromatic rings. The van der Waals surface area contributed by atoms with Gasteiger partial charge in [0.25, 0.3) is 11.8 Å². The molecule has 4 rings (SSSR count). The van der Waals surface area contributed by atoms with Gasteiger partial charge in [0.05, 0.1) is 11.4 Å². The fourth-order valence-electron chi connectivity index (χ4n) is 3.55. The van der Waals surface area contributed by atoms with Crippen molar-refractivity contribution in [2.24, 2.45) is 0 Å². The Bertz CT molecular complexity index is 660. The first kappa shape index (κ1) is 13.8. The summed E-state index contributed by atoms with van der Waals surface area (Å²) in [5.74, 6) is -0.344. The Labute approximate surface area is 131 Å².